The van der Waals surface area contributed by atoms with Gasteiger partial charge in [-0.25, -0.2) is 4.79 Å². The fraction of sp³-hybridized carbons (Fsp3) is 0.773. The zero-order chi connectivity index (χ0) is 21.3. The van der Waals surface area contributed by atoms with E-state index in [1.807, 2.05) is 4.90 Å². The van der Waals surface area contributed by atoms with Crippen LogP contribution in [0.3, 0.4) is 0 Å². The minimum absolute atomic E-state index is 0.0105. The van der Waals surface area contributed by atoms with E-state index >= 15 is 0 Å². The molecular formula is C22H37N3O4. The third kappa shape index (κ3) is 9.33. The highest BCUT2D eigenvalue weighted by Gasteiger charge is 2.23. The number of carbonyl (C=O) groups excluding carboxylic acids is 3. The van der Waals surface area contributed by atoms with E-state index in [-0.39, 0.29) is 24.8 Å². The summed E-state index contributed by atoms with van der Waals surface area (Å²) >= 11 is 0. The molecule has 0 radical (unpaired) electrons. The summed E-state index contributed by atoms with van der Waals surface area (Å²) in [6, 6.07) is 0. The first-order valence-corrected chi connectivity index (χ1v) is 10.9. The zero-order valence-electron chi connectivity index (χ0n) is 18.2. The molecule has 7 nitrogen and oxygen atoms in total. The van der Waals surface area contributed by atoms with Crippen molar-refractivity contribution in [2.24, 2.45) is 11.8 Å². The number of nitrogens with zero attached hydrogens (tertiary/aromatic N) is 1. The van der Waals surface area contributed by atoms with Gasteiger partial charge in [-0.15, -0.1) is 0 Å². The first kappa shape index (κ1) is 23.2. The second-order valence-electron chi connectivity index (χ2n) is 9.15. The maximum absolute atomic E-state index is 12.3. The maximum Gasteiger partial charge on any atom is 0.407 e. The van der Waals surface area contributed by atoms with Crippen molar-refractivity contribution >= 4 is 17.9 Å². The normalized spacial score (nSPS) is 18.8. The maximum atomic E-state index is 12.3. The highest BCUT2D eigenvalue weighted by Crippen LogP contribution is 2.25. The molecule has 2 aliphatic rings. The van der Waals surface area contributed by atoms with Crippen LogP contribution in [0.4, 0.5) is 4.79 Å². The van der Waals surface area contributed by atoms with Crippen LogP contribution < -0.4 is 10.6 Å². The molecule has 1 aliphatic carbocycles. The van der Waals surface area contributed by atoms with Gasteiger partial charge in [-0.2, -0.15) is 0 Å². The van der Waals surface area contributed by atoms with E-state index in [0.717, 1.165) is 12.8 Å². The fourth-order valence-corrected chi connectivity index (χ4v) is 3.81. The summed E-state index contributed by atoms with van der Waals surface area (Å²) in [7, 11) is 0. The van der Waals surface area contributed by atoms with E-state index in [1.165, 1.54) is 25.7 Å². The molecule has 2 fully saturated rings. The summed E-state index contributed by atoms with van der Waals surface area (Å²) in [6.45, 7) is 7.74. The smallest absolute Gasteiger partial charge is 0.407 e. The van der Waals surface area contributed by atoms with E-state index in [2.05, 4.69) is 16.7 Å². The molecule has 0 aromatic carbocycles. The van der Waals surface area contributed by atoms with Gasteiger partial charge in [-0.05, 0) is 64.4 Å². The number of rotatable bonds is 7. The molecule has 1 aliphatic heterocycles. The summed E-state index contributed by atoms with van der Waals surface area (Å²) in [5.74, 6) is 1.01. The van der Waals surface area contributed by atoms with Gasteiger partial charge < -0.3 is 20.3 Å². The number of ether oxygens (including phenoxy) is 1. The van der Waals surface area contributed by atoms with Crippen LogP contribution in [0, 0.1) is 11.8 Å². The Labute approximate surface area is 174 Å². The molecule has 3 amide bonds. The third-order valence-corrected chi connectivity index (χ3v) is 5.46. The van der Waals surface area contributed by atoms with Crippen molar-refractivity contribution < 1.29 is 19.1 Å². The molecule has 29 heavy (non-hydrogen) atoms. The van der Waals surface area contributed by atoms with Crippen molar-refractivity contribution in [2.75, 3.05) is 26.2 Å². The van der Waals surface area contributed by atoms with Crippen LogP contribution in [0.1, 0.15) is 65.7 Å². The molecule has 0 bridgehead atoms. The van der Waals surface area contributed by atoms with Crippen LogP contribution in [0.5, 0.6) is 0 Å². The van der Waals surface area contributed by atoms with Gasteiger partial charge in [-0.3, -0.25) is 9.59 Å². The lowest BCUT2D eigenvalue weighted by atomic mass is 9.96. The summed E-state index contributed by atoms with van der Waals surface area (Å²) < 4.78 is 5.16. The summed E-state index contributed by atoms with van der Waals surface area (Å²) in [4.78, 5) is 37.7. The first-order valence-electron chi connectivity index (χ1n) is 10.9. The highest BCUT2D eigenvalue weighted by atomic mass is 16.6. The van der Waals surface area contributed by atoms with Gasteiger partial charge >= 0.3 is 6.09 Å². The second-order valence-corrected chi connectivity index (χ2v) is 9.15. The average molecular weight is 408 g/mol. The number of hydrogen-bond acceptors (Lipinski definition) is 4. The van der Waals surface area contributed by atoms with Gasteiger partial charge in [-0.1, -0.05) is 18.9 Å². The molecular weight excluding hydrogens is 370 g/mol. The van der Waals surface area contributed by atoms with Crippen molar-refractivity contribution in [1.29, 1.82) is 0 Å². The summed E-state index contributed by atoms with van der Waals surface area (Å²) in [5, 5.41) is 5.62. The second kappa shape index (κ2) is 11.2. The number of allylic oxidation sites excluding steroid dienone is 1. The molecule has 1 saturated heterocycles. The van der Waals surface area contributed by atoms with Gasteiger partial charge in [0, 0.05) is 32.6 Å². The van der Waals surface area contributed by atoms with Gasteiger partial charge in [0.25, 0.3) is 0 Å². The van der Waals surface area contributed by atoms with E-state index in [4.69, 9.17) is 4.74 Å². The van der Waals surface area contributed by atoms with Gasteiger partial charge in [0.05, 0.1) is 0 Å². The first-order chi connectivity index (χ1) is 13.7. The number of carbonyl (C=O) groups is 3. The van der Waals surface area contributed by atoms with Crippen LogP contribution in [-0.2, 0) is 14.3 Å². The molecule has 1 heterocycles. The molecule has 0 aromatic rings. The Morgan fingerprint density at radius 2 is 1.69 bits per heavy atom. The molecule has 164 valence electrons. The monoisotopic (exact) mass is 407 g/mol. The Morgan fingerprint density at radius 3 is 2.31 bits per heavy atom. The molecule has 2 rings (SSSR count). The number of piperidine rings is 1. The molecule has 1 saturated carbocycles. The molecule has 0 unspecified atom stereocenters. The van der Waals surface area contributed by atoms with Crippen molar-refractivity contribution in [3.8, 4) is 0 Å². The van der Waals surface area contributed by atoms with E-state index in [0.29, 0.717) is 31.5 Å². The van der Waals surface area contributed by atoms with E-state index in [1.54, 1.807) is 26.8 Å². The van der Waals surface area contributed by atoms with E-state index in [9.17, 15) is 14.4 Å². The lowest BCUT2D eigenvalue weighted by molar-refractivity contribution is -0.132. The molecule has 0 aromatic heterocycles. The Kier molecular flexibility index (Phi) is 8.99. The molecule has 7 heteroatoms. The average Bonchev–Trinajstić information content (AvgIpc) is 3.17. The molecule has 2 N–H and O–H groups in total. The minimum atomic E-state index is -0.544. The van der Waals surface area contributed by atoms with Crippen LogP contribution in [0.25, 0.3) is 0 Å². The van der Waals surface area contributed by atoms with Crippen molar-refractivity contribution in [1.82, 2.24) is 15.5 Å². The predicted molar refractivity (Wildman–Crippen MR) is 112 cm³/mol. The number of likely N-dealkylation sites (tertiary alicyclic amines) is 1. The Bertz CT molecular complexity index is 583. The van der Waals surface area contributed by atoms with Crippen molar-refractivity contribution in [2.45, 2.75) is 71.3 Å². The Morgan fingerprint density at radius 1 is 1.03 bits per heavy atom. The lowest BCUT2D eigenvalue weighted by Gasteiger charge is -2.32. The van der Waals surface area contributed by atoms with Crippen LogP contribution in [-0.4, -0.2) is 54.6 Å². The molecule has 0 atom stereocenters. The van der Waals surface area contributed by atoms with Gasteiger partial charge in [0.15, 0.2) is 0 Å². The SMILES string of the molecule is CC(C)(C)OC(=O)NCCC(=O)N1CCC(CNC(=O)/C=C/C2CCCC2)CC1. The number of alkyl carbamates (subject to hydrolysis) is 1. The quantitative estimate of drug-likeness (QED) is 0.635. The largest absolute Gasteiger partial charge is 0.444 e. The van der Waals surface area contributed by atoms with Crippen LogP contribution in [0.2, 0.25) is 0 Å². The lowest BCUT2D eigenvalue weighted by Crippen LogP contribution is -2.42. The Hall–Kier alpha value is -2.05. The topological polar surface area (TPSA) is 87.7 Å². The zero-order valence-corrected chi connectivity index (χ0v) is 18.2. The summed E-state index contributed by atoms with van der Waals surface area (Å²) in [5.41, 5.74) is -0.544. The summed E-state index contributed by atoms with van der Waals surface area (Å²) in [6.07, 6.45) is 10.2. The van der Waals surface area contributed by atoms with Crippen LogP contribution in [0.15, 0.2) is 12.2 Å². The van der Waals surface area contributed by atoms with E-state index < -0.39 is 11.7 Å². The fourth-order valence-electron chi connectivity index (χ4n) is 3.81. The number of hydrogen-bond donors (Lipinski definition) is 2. The standard InChI is InChI=1S/C22H37N3O4/c1-22(2,3)29-21(28)23-13-10-20(27)25-14-11-18(12-15-25)16-24-19(26)9-8-17-6-4-5-7-17/h8-9,17-18H,4-7,10-16H2,1-3H3,(H,23,28)(H,24,26)/b9-8+. The molecule has 0 spiro atoms. The minimum Gasteiger partial charge on any atom is -0.444 e. The van der Waals surface area contributed by atoms with Crippen molar-refractivity contribution in [3.63, 3.8) is 0 Å². The predicted octanol–water partition coefficient (Wildman–Crippen LogP) is 3.00. The van der Waals surface area contributed by atoms with Gasteiger partial charge in [0.2, 0.25) is 11.8 Å². The van der Waals surface area contributed by atoms with Crippen molar-refractivity contribution in [3.05, 3.63) is 12.2 Å². The number of amides is 3. The third-order valence-electron chi connectivity index (χ3n) is 5.46. The van der Waals surface area contributed by atoms with Gasteiger partial charge in [0.1, 0.15) is 5.60 Å². The highest BCUT2D eigenvalue weighted by molar-refractivity contribution is 5.87. The number of nitrogens with one attached hydrogen (secondary N) is 2. The Balaban J connectivity index is 1.57. The van der Waals surface area contributed by atoms with Crippen LogP contribution >= 0.6 is 0 Å².